The van der Waals surface area contributed by atoms with E-state index in [1.165, 1.54) is 16.2 Å². The van der Waals surface area contributed by atoms with Crippen LogP contribution in [0.2, 0.25) is 0 Å². The van der Waals surface area contributed by atoms with Crippen LogP contribution in [0.5, 0.6) is 0 Å². The van der Waals surface area contributed by atoms with Gasteiger partial charge >= 0.3 is 5.97 Å². The molecule has 1 heterocycles. The van der Waals surface area contributed by atoms with Gasteiger partial charge in [0.25, 0.3) is 5.91 Å². The zero-order valence-electron chi connectivity index (χ0n) is 18.8. The Kier molecular flexibility index (Phi) is 6.16. The lowest BCUT2D eigenvalue weighted by Crippen LogP contribution is -2.36. The fourth-order valence-electron chi connectivity index (χ4n) is 5.08. The second-order valence-electron chi connectivity index (χ2n) is 10.6. The highest BCUT2D eigenvalue weighted by atomic mass is 32.1. The van der Waals surface area contributed by atoms with Crippen LogP contribution in [0.3, 0.4) is 0 Å². The fraction of sp³-hybridized carbons (Fsp3) is 0.708. The normalized spacial score (nSPS) is 26.1. The topological polar surface area (TPSA) is 95.5 Å². The van der Waals surface area contributed by atoms with Crippen LogP contribution < -0.4 is 10.6 Å². The largest absolute Gasteiger partial charge is 0.481 e. The van der Waals surface area contributed by atoms with Gasteiger partial charge in [-0.3, -0.25) is 14.4 Å². The molecule has 1 aromatic heterocycles. The summed E-state index contributed by atoms with van der Waals surface area (Å²) in [4.78, 5) is 39.1. The molecule has 0 spiro atoms. The predicted octanol–water partition coefficient (Wildman–Crippen LogP) is 4.62. The molecule has 3 atom stereocenters. The molecule has 6 nitrogen and oxygen atoms in total. The maximum absolute atomic E-state index is 13.1. The molecule has 0 saturated heterocycles. The van der Waals surface area contributed by atoms with E-state index < -0.39 is 17.8 Å². The number of fused-ring (bicyclic) bond motifs is 1. The van der Waals surface area contributed by atoms with Gasteiger partial charge in [-0.25, -0.2) is 0 Å². The minimum atomic E-state index is -0.898. The van der Waals surface area contributed by atoms with E-state index >= 15 is 0 Å². The second kappa shape index (κ2) is 8.57. The van der Waals surface area contributed by atoms with Crippen LogP contribution >= 0.6 is 11.3 Å². The van der Waals surface area contributed by atoms with Gasteiger partial charge in [-0.2, -0.15) is 0 Å². The highest BCUT2D eigenvalue weighted by molar-refractivity contribution is 7.17. The van der Waals surface area contributed by atoms with E-state index in [1.54, 1.807) is 0 Å². The smallest absolute Gasteiger partial charge is 0.307 e. The van der Waals surface area contributed by atoms with Crippen molar-refractivity contribution in [3.63, 3.8) is 0 Å². The fourth-order valence-corrected chi connectivity index (χ4v) is 6.41. The van der Waals surface area contributed by atoms with Gasteiger partial charge in [-0.15, -0.1) is 11.3 Å². The number of carboxylic acid groups (broad SMARTS) is 1. The summed E-state index contributed by atoms with van der Waals surface area (Å²) in [6.07, 6.45) is 7.65. The minimum Gasteiger partial charge on any atom is -0.481 e. The third-order valence-corrected chi connectivity index (χ3v) is 8.46. The second-order valence-corrected chi connectivity index (χ2v) is 11.7. The van der Waals surface area contributed by atoms with Crippen molar-refractivity contribution in [3.05, 3.63) is 16.0 Å². The number of hydrogen-bond donors (Lipinski definition) is 3. The number of hydrogen-bond acceptors (Lipinski definition) is 4. The van der Waals surface area contributed by atoms with Crippen molar-refractivity contribution in [3.8, 4) is 0 Å². The van der Waals surface area contributed by atoms with Gasteiger partial charge in [-0.05, 0) is 61.8 Å². The van der Waals surface area contributed by atoms with Crippen molar-refractivity contribution < 1.29 is 19.5 Å². The molecule has 0 radical (unpaired) electrons. The van der Waals surface area contributed by atoms with Crippen molar-refractivity contribution in [2.75, 3.05) is 5.32 Å². The number of aliphatic carboxylic acids is 1. The number of nitrogens with one attached hydrogen (secondary N) is 2. The number of carboxylic acids is 1. The van der Waals surface area contributed by atoms with Crippen LogP contribution in [0.1, 0.15) is 86.5 Å². The summed E-state index contributed by atoms with van der Waals surface area (Å²) in [7, 11) is 0. The lowest BCUT2D eigenvalue weighted by Gasteiger charge is -2.33. The van der Waals surface area contributed by atoms with E-state index in [2.05, 4.69) is 31.4 Å². The SMILES string of the molecule is CC(C)(C)[C@H]1CCc2c(sc(NC(=O)[C@@H]3CCCC[C@@H]3C(=O)O)c2C(=O)NC2CC2)C1. The molecule has 2 saturated carbocycles. The van der Waals surface area contributed by atoms with Crippen LogP contribution in [0.25, 0.3) is 0 Å². The summed E-state index contributed by atoms with van der Waals surface area (Å²) in [6, 6.07) is 0.243. The maximum Gasteiger partial charge on any atom is 0.307 e. The molecule has 2 fully saturated rings. The maximum atomic E-state index is 13.1. The van der Waals surface area contributed by atoms with Gasteiger partial charge in [-0.1, -0.05) is 33.6 Å². The summed E-state index contributed by atoms with van der Waals surface area (Å²) in [5.74, 6) is -1.88. The predicted molar refractivity (Wildman–Crippen MR) is 121 cm³/mol. The summed E-state index contributed by atoms with van der Waals surface area (Å²) < 4.78 is 0. The Morgan fingerprint density at radius 3 is 2.29 bits per heavy atom. The summed E-state index contributed by atoms with van der Waals surface area (Å²) in [5, 5.41) is 16.3. The average molecular weight is 447 g/mol. The highest BCUT2D eigenvalue weighted by Gasteiger charge is 2.38. The highest BCUT2D eigenvalue weighted by Crippen LogP contribution is 2.45. The van der Waals surface area contributed by atoms with Gasteiger partial charge in [0.05, 0.1) is 17.4 Å². The van der Waals surface area contributed by atoms with Crippen LogP contribution in [0.15, 0.2) is 0 Å². The van der Waals surface area contributed by atoms with Gasteiger partial charge in [0.15, 0.2) is 0 Å². The van der Waals surface area contributed by atoms with Crippen molar-refractivity contribution in [2.45, 2.75) is 84.6 Å². The molecule has 170 valence electrons. The molecule has 0 aromatic carbocycles. The zero-order chi connectivity index (χ0) is 22.3. The summed E-state index contributed by atoms with van der Waals surface area (Å²) >= 11 is 1.52. The van der Waals surface area contributed by atoms with E-state index in [1.807, 2.05) is 0 Å². The van der Waals surface area contributed by atoms with Crippen molar-refractivity contribution in [1.82, 2.24) is 5.32 Å². The number of amides is 2. The van der Waals surface area contributed by atoms with Gasteiger partial charge in [0.1, 0.15) is 5.00 Å². The molecular formula is C24H34N2O4S. The van der Waals surface area contributed by atoms with Crippen molar-refractivity contribution in [2.24, 2.45) is 23.2 Å². The number of anilines is 1. The first-order valence-electron chi connectivity index (χ1n) is 11.6. The Balaban J connectivity index is 1.61. The molecule has 3 N–H and O–H groups in total. The van der Waals surface area contributed by atoms with Crippen molar-refractivity contribution in [1.29, 1.82) is 0 Å². The molecule has 2 amide bonds. The molecule has 0 bridgehead atoms. The number of rotatable bonds is 5. The Bertz CT molecular complexity index is 881. The Hall–Kier alpha value is -1.89. The van der Waals surface area contributed by atoms with Gasteiger partial charge in [0, 0.05) is 10.9 Å². The lowest BCUT2D eigenvalue weighted by molar-refractivity contribution is -0.147. The standard InChI is InChI=1S/C24H34N2O4S/c1-24(2,3)13-8-11-17-18(12-13)31-22(19(17)21(28)25-14-9-10-14)26-20(27)15-6-4-5-7-16(15)23(29)30/h13-16H,4-12H2,1-3H3,(H,25,28)(H,26,27)(H,29,30)/t13-,15+,16-/m0/s1. The first-order valence-corrected chi connectivity index (χ1v) is 12.5. The van der Waals surface area contributed by atoms with E-state index in [0.717, 1.165) is 50.5 Å². The van der Waals surface area contributed by atoms with Crippen LogP contribution in [0, 0.1) is 23.2 Å². The molecule has 7 heteroatoms. The molecule has 1 aromatic rings. The van der Waals surface area contributed by atoms with Crippen LogP contribution in [-0.2, 0) is 22.4 Å². The molecule has 3 aliphatic rings. The average Bonchev–Trinajstić information content (AvgIpc) is 3.44. The third kappa shape index (κ3) is 4.81. The molecule has 0 aliphatic heterocycles. The minimum absolute atomic E-state index is 0.0945. The Morgan fingerprint density at radius 1 is 1.00 bits per heavy atom. The summed E-state index contributed by atoms with van der Waals surface area (Å²) in [5.41, 5.74) is 1.89. The third-order valence-electron chi connectivity index (χ3n) is 7.29. The monoisotopic (exact) mass is 446 g/mol. The molecular weight excluding hydrogens is 412 g/mol. The first-order chi connectivity index (χ1) is 14.6. The Labute approximate surface area is 188 Å². The zero-order valence-corrected chi connectivity index (χ0v) is 19.6. The number of carbonyl (C=O) groups excluding carboxylic acids is 2. The van der Waals surface area contributed by atoms with E-state index in [9.17, 15) is 19.5 Å². The van der Waals surface area contributed by atoms with Gasteiger partial charge < -0.3 is 15.7 Å². The summed E-state index contributed by atoms with van der Waals surface area (Å²) in [6.45, 7) is 6.78. The molecule has 4 rings (SSSR count). The van der Waals surface area contributed by atoms with E-state index in [4.69, 9.17) is 0 Å². The van der Waals surface area contributed by atoms with Crippen molar-refractivity contribution >= 4 is 34.1 Å². The number of thiophene rings is 1. The van der Waals surface area contributed by atoms with E-state index in [0.29, 0.717) is 29.3 Å². The molecule has 0 unspecified atom stereocenters. The van der Waals surface area contributed by atoms with Gasteiger partial charge in [0.2, 0.25) is 5.91 Å². The molecule has 3 aliphatic carbocycles. The molecule has 31 heavy (non-hydrogen) atoms. The van der Waals surface area contributed by atoms with E-state index in [-0.39, 0.29) is 23.3 Å². The van der Waals surface area contributed by atoms with Crippen LogP contribution in [-0.4, -0.2) is 28.9 Å². The lowest BCUT2D eigenvalue weighted by atomic mass is 9.72. The Morgan fingerprint density at radius 2 is 1.68 bits per heavy atom. The first kappa shape index (κ1) is 22.3. The van der Waals surface area contributed by atoms with Crippen LogP contribution in [0.4, 0.5) is 5.00 Å². The number of carbonyl (C=O) groups is 3. The quantitative estimate of drug-likeness (QED) is 0.615.